The normalized spacial score (nSPS) is 20.3. The van der Waals surface area contributed by atoms with Crippen LogP contribution in [0.25, 0.3) is 10.9 Å². The maximum atomic E-state index is 6.00. The predicted molar refractivity (Wildman–Crippen MR) is 76.8 cm³/mol. The fraction of sp³-hybridized carbons (Fsp3) is 0.400. The Morgan fingerprint density at radius 2 is 2.22 bits per heavy atom. The van der Waals surface area contributed by atoms with Gasteiger partial charge < -0.3 is 10.6 Å². The molecule has 1 aliphatic heterocycles. The Morgan fingerprint density at radius 3 is 3.06 bits per heavy atom. The van der Waals surface area contributed by atoms with Crippen LogP contribution in [-0.4, -0.2) is 18.1 Å². The summed E-state index contributed by atoms with van der Waals surface area (Å²) in [6.45, 7) is 4.59. The van der Waals surface area contributed by atoms with E-state index in [9.17, 15) is 0 Å². The van der Waals surface area contributed by atoms with E-state index in [1.165, 1.54) is 23.9 Å². The monoisotopic (exact) mass is 241 g/mol. The predicted octanol–water partition coefficient (Wildman–Crippen LogP) is 3.05. The summed E-state index contributed by atoms with van der Waals surface area (Å²) < 4.78 is 0. The minimum Gasteiger partial charge on any atom is -0.397 e. The number of rotatable bonds is 1. The van der Waals surface area contributed by atoms with Gasteiger partial charge in [-0.05, 0) is 43.0 Å². The summed E-state index contributed by atoms with van der Waals surface area (Å²) in [5.74, 6) is 0.767. The highest BCUT2D eigenvalue weighted by Crippen LogP contribution is 2.31. The zero-order valence-electron chi connectivity index (χ0n) is 10.8. The van der Waals surface area contributed by atoms with E-state index < -0.39 is 0 Å². The highest BCUT2D eigenvalue weighted by molar-refractivity contribution is 5.98. The van der Waals surface area contributed by atoms with Crippen LogP contribution in [-0.2, 0) is 0 Å². The van der Waals surface area contributed by atoms with E-state index in [0.717, 1.165) is 30.2 Å². The van der Waals surface area contributed by atoms with E-state index in [4.69, 9.17) is 5.73 Å². The van der Waals surface area contributed by atoms with Crippen LogP contribution in [0.2, 0.25) is 0 Å². The molecule has 1 fully saturated rings. The van der Waals surface area contributed by atoms with E-state index in [2.05, 4.69) is 28.9 Å². The Balaban J connectivity index is 2.09. The molecule has 0 aliphatic carbocycles. The van der Waals surface area contributed by atoms with Crippen LogP contribution < -0.4 is 10.6 Å². The third-order valence-electron chi connectivity index (χ3n) is 3.78. The van der Waals surface area contributed by atoms with Gasteiger partial charge in [0.1, 0.15) is 0 Å². The van der Waals surface area contributed by atoms with Crippen LogP contribution in [0.1, 0.15) is 19.8 Å². The summed E-state index contributed by atoms with van der Waals surface area (Å²) in [5, 5.41) is 1.17. The minimum absolute atomic E-state index is 0.763. The second kappa shape index (κ2) is 4.48. The summed E-state index contributed by atoms with van der Waals surface area (Å²) in [6, 6.07) is 8.22. The molecule has 0 spiro atoms. The van der Waals surface area contributed by atoms with Gasteiger partial charge in [-0.2, -0.15) is 0 Å². The van der Waals surface area contributed by atoms with Crippen LogP contribution in [0.3, 0.4) is 0 Å². The van der Waals surface area contributed by atoms with Crippen molar-refractivity contribution in [1.29, 1.82) is 0 Å². The van der Waals surface area contributed by atoms with Gasteiger partial charge >= 0.3 is 0 Å². The van der Waals surface area contributed by atoms with E-state index in [1.54, 1.807) is 6.20 Å². The molecule has 3 rings (SSSR count). The third kappa shape index (κ3) is 1.90. The average Bonchev–Trinajstić information content (AvgIpc) is 2.39. The second-order valence-electron chi connectivity index (χ2n) is 5.27. The molecule has 0 radical (unpaired) electrons. The van der Waals surface area contributed by atoms with Gasteiger partial charge in [0.15, 0.2) is 0 Å². The van der Waals surface area contributed by atoms with E-state index in [-0.39, 0.29) is 0 Å². The number of hydrogen-bond acceptors (Lipinski definition) is 3. The largest absolute Gasteiger partial charge is 0.397 e. The smallest absolute Gasteiger partial charge is 0.0951 e. The molecule has 2 N–H and O–H groups in total. The Kier molecular flexibility index (Phi) is 2.82. The van der Waals surface area contributed by atoms with Crippen molar-refractivity contribution in [2.45, 2.75) is 19.8 Å². The molecule has 1 unspecified atom stereocenters. The lowest BCUT2D eigenvalue weighted by molar-refractivity contribution is 0.447. The number of benzene rings is 1. The summed E-state index contributed by atoms with van der Waals surface area (Å²) >= 11 is 0. The van der Waals surface area contributed by atoms with Crippen molar-refractivity contribution < 1.29 is 0 Å². The van der Waals surface area contributed by atoms with Gasteiger partial charge in [-0.3, -0.25) is 4.98 Å². The fourth-order valence-corrected chi connectivity index (χ4v) is 2.86. The van der Waals surface area contributed by atoms with Crippen molar-refractivity contribution in [2.24, 2.45) is 5.92 Å². The first-order valence-corrected chi connectivity index (χ1v) is 6.64. The van der Waals surface area contributed by atoms with Gasteiger partial charge in [0.25, 0.3) is 0 Å². The molecular weight excluding hydrogens is 222 g/mol. The van der Waals surface area contributed by atoms with Crippen LogP contribution >= 0.6 is 0 Å². The molecule has 2 aromatic rings. The molecule has 3 heteroatoms. The fourth-order valence-electron chi connectivity index (χ4n) is 2.86. The Bertz CT molecular complexity index is 565. The number of nitrogens with zero attached hydrogens (tertiary/aromatic N) is 2. The topological polar surface area (TPSA) is 42.1 Å². The number of hydrogen-bond donors (Lipinski definition) is 1. The highest BCUT2D eigenvalue weighted by atomic mass is 15.1. The molecule has 18 heavy (non-hydrogen) atoms. The highest BCUT2D eigenvalue weighted by Gasteiger charge is 2.18. The van der Waals surface area contributed by atoms with Gasteiger partial charge in [0.2, 0.25) is 0 Å². The van der Waals surface area contributed by atoms with E-state index >= 15 is 0 Å². The number of anilines is 2. The second-order valence-corrected chi connectivity index (χ2v) is 5.27. The van der Waals surface area contributed by atoms with Crippen molar-refractivity contribution in [3.8, 4) is 0 Å². The van der Waals surface area contributed by atoms with Crippen LogP contribution in [0.4, 0.5) is 11.4 Å². The van der Waals surface area contributed by atoms with Crippen molar-refractivity contribution in [3.63, 3.8) is 0 Å². The Hall–Kier alpha value is -1.77. The van der Waals surface area contributed by atoms with Gasteiger partial charge in [-0.25, -0.2) is 0 Å². The van der Waals surface area contributed by atoms with Crippen LogP contribution in [0, 0.1) is 5.92 Å². The molecule has 0 saturated carbocycles. The SMILES string of the molecule is CC1CCCN(c2ccc(N)c3ncccc23)C1. The molecule has 1 aliphatic rings. The molecule has 2 heterocycles. The molecule has 0 bridgehead atoms. The third-order valence-corrected chi connectivity index (χ3v) is 3.78. The number of pyridine rings is 1. The first kappa shape index (κ1) is 11.3. The van der Waals surface area contributed by atoms with E-state index in [1.807, 2.05) is 12.1 Å². The lowest BCUT2D eigenvalue weighted by atomic mass is 9.99. The lowest BCUT2D eigenvalue weighted by Gasteiger charge is -2.33. The molecule has 1 aromatic heterocycles. The van der Waals surface area contributed by atoms with Gasteiger partial charge in [-0.1, -0.05) is 6.92 Å². The average molecular weight is 241 g/mol. The quantitative estimate of drug-likeness (QED) is 0.780. The molecule has 1 aromatic carbocycles. The van der Waals surface area contributed by atoms with Crippen LogP contribution in [0.15, 0.2) is 30.5 Å². The summed E-state index contributed by atoms with van der Waals surface area (Å²) in [6.07, 6.45) is 4.41. The van der Waals surface area contributed by atoms with E-state index in [0.29, 0.717) is 0 Å². The van der Waals surface area contributed by atoms with Crippen molar-refractivity contribution >= 4 is 22.3 Å². The standard InChI is InChI=1S/C15H19N3/c1-11-4-3-9-18(10-11)14-7-6-13(16)15-12(14)5-2-8-17-15/h2,5-8,11H,3-4,9-10,16H2,1H3. The van der Waals surface area contributed by atoms with Gasteiger partial charge in [0.05, 0.1) is 11.2 Å². The minimum atomic E-state index is 0.763. The summed E-state index contributed by atoms with van der Waals surface area (Å²) in [4.78, 5) is 6.87. The Morgan fingerprint density at radius 1 is 1.33 bits per heavy atom. The zero-order chi connectivity index (χ0) is 12.5. The molecule has 94 valence electrons. The summed E-state index contributed by atoms with van der Waals surface area (Å²) in [7, 11) is 0. The number of fused-ring (bicyclic) bond motifs is 1. The number of nitrogen functional groups attached to an aromatic ring is 1. The molecular formula is C15H19N3. The zero-order valence-corrected chi connectivity index (χ0v) is 10.8. The number of piperidine rings is 1. The molecule has 3 nitrogen and oxygen atoms in total. The molecule has 1 atom stereocenters. The lowest BCUT2D eigenvalue weighted by Crippen LogP contribution is -2.34. The molecule has 0 amide bonds. The maximum Gasteiger partial charge on any atom is 0.0951 e. The van der Waals surface area contributed by atoms with Crippen molar-refractivity contribution in [2.75, 3.05) is 23.7 Å². The first-order valence-electron chi connectivity index (χ1n) is 6.64. The summed E-state index contributed by atoms with van der Waals surface area (Å²) in [5.41, 5.74) is 8.97. The Labute approximate surface area is 108 Å². The van der Waals surface area contributed by atoms with Crippen molar-refractivity contribution in [1.82, 2.24) is 4.98 Å². The van der Waals surface area contributed by atoms with Crippen LogP contribution in [0.5, 0.6) is 0 Å². The van der Waals surface area contributed by atoms with Gasteiger partial charge in [0, 0.05) is 30.4 Å². The van der Waals surface area contributed by atoms with Crippen molar-refractivity contribution in [3.05, 3.63) is 30.5 Å². The number of aromatic nitrogens is 1. The molecule has 1 saturated heterocycles. The first-order chi connectivity index (χ1) is 8.75. The van der Waals surface area contributed by atoms with Gasteiger partial charge in [-0.15, -0.1) is 0 Å². The maximum absolute atomic E-state index is 6.00. The number of nitrogens with two attached hydrogens (primary N) is 1.